The summed E-state index contributed by atoms with van der Waals surface area (Å²) >= 11 is 1.71. The first-order chi connectivity index (χ1) is 10.2. The molecular weight excluding hydrogens is 282 g/mol. The topological polar surface area (TPSA) is 48.5 Å². The van der Waals surface area contributed by atoms with Crippen LogP contribution < -0.4 is 0 Å². The molecule has 110 valence electrons. The molecule has 0 aliphatic carbocycles. The maximum Gasteiger partial charge on any atom is 0.158 e. The molecule has 0 aliphatic rings. The molecule has 3 aromatic heterocycles. The SMILES string of the molecule is CCc1csc(Cn2ccnc2-c2cncn2C(C)C)n1. The van der Waals surface area contributed by atoms with E-state index >= 15 is 0 Å². The fraction of sp³-hybridized carbons (Fsp3) is 0.400. The van der Waals surface area contributed by atoms with Crippen molar-refractivity contribution in [1.29, 1.82) is 0 Å². The Morgan fingerprint density at radius 2 is 2.19 bits per heavy atom. The van der Waals surface area contributed by atoms with Crippen molar-refractivity contribution in [3.63, 3.8) is 0 Å². The fourth-order valence-electron chi connectivity index (χ4n) is 2.29. The summed E-state index contributed by atoms with van der Waals surface area (Å²) in [5.41, 5.74) is 2.20. The Morgan fingerprint density at radius 1 is 1.33 bits per heavy atom. The summed E-state index contributed by atoms with van der Waals surface area (Å²) in [7, 11) is 0. The van der Waals surface area contributed by atoms with Crippen LogP contribution in [0.15, 0.2) is 30.3 Å². The normalized spacial score (nSPS) is 11.4. The van der Waals surface area contributed by atoms with E-state index in [2.05, 4.69) is 50.2 Å². The molecule has 3 aromatic rings. The Hall–Kier alpha value is -1.95. The lowest BCUT2D eigenvalue weighted by Gasteiger charge is -2.12. The van der Waals surface area contributed by atoms with Gasteiger partial charge in [0.1, 0.15) is 10.7 Å². The predicted molar refractivity (Wildman–Crippen MR) is 84.4 cm³/mol. The minimum absolute atomic E-state index is 0.360. The zero-order valence-corrected chi connectivity index (χ0v) is 13.3. The molecule has 0 N–H and O–H groups in total. The number of aromatic nitrogens is 5. The first-order valence-corrected chi connectivity index (χ1v) is 8.03. The molecule has 3 rings (SSSR count). The van der Waals surface area contributed by atoms with Crippen LogP contribution >= 0.6 is 11.3 Å². The van der Waals surface area contributed by atoms with Gasteiger partial charge in [-0.05, 0) is 20.3 Å². The maximum absolute atomic E-state index is 4.63. The van der Waals surface area contributed by atoms with Crippen molar-refractivity contribution >= 4 is 11.3 Å². The summed E-state index contributed by atoms with van der Waals surface area (Å²) < 4.78 is 4.27. The van der Waals surface area contributed by atoms with E-state index in [1.54, 1.807) is 11.3 Å². The summed E-state index contributed by atoms with van der Waals surface area (Å²) in [5, 5.41) is 3.24. The highest BCUT2D eigenvalue weighted by atomic mass is 32.1. The van der Waals surface area contributed by atoms with Gasteiger partial charge in [-0.2, -0.15) is 0 Å². The molecule has 3 heterocycles. The number of nitrogens with zero attached hydrogens (tertiary/aromatic N) is 5. The summed E-state index contributed by atoms with van der Waals surface area (Å²) in [6.07, 6.45) is 8.55. The van der Waals surface area contributed by atoms with Crippen LogP contribution in [0.1, 0.15) is 37.5 Å². The zero-order chi connectivity index (χ0) is 14.8. The number of imidazole rings is 2. The zero-order valence-electron chi connectivity index (χ0n) is 12.5. The van der Waals surface area contributed by atoms with Gasteiger partial charge in [0.2, 0.25) is 0 Å². The second-order valence-corrected chi connectivity index (χ2v) is 6.19. The molecule has 0 amide bonds. The predicted octanol–water partition coefficient (Wildman–Crippen LogP) is 3.39. The Kier molecular flexibility index (Phi) is 3.88. The van der Waals surface area contributed by atoms with E-state index in [9.17, 15) is 0 Å². The lowest BCUT2D eigenvalue weighted by molar-refractivity contribution is 0.600. The number of hydrogen-bond acceptors (Lipinski definition) is 4. The van der Waals surface area contributed by atoms with Gasteiger partial charge in [0.05, 0.1) is 24.8 Å². The lowest BCUT2D eigenvalue weighted by atomic mass is 10.3. The highest BCUT2D eigenvalue weighted by Crippen LogP contribution is 2.22. The van der Waals surface area contributed by atoms with Gasteiger partial charge >= 0.3 is 0 Å². The lowest BCUT2D eigenvalue weighted by Crippen LogP contribution is -2.06. The molecule has 0 saturated carbocycles. The van der Waals surface area contributed by atoms with Crippen LogP contribution in [-0.4, -0.2) is 24.1 Å². The van der Waals surface area contributed by atoms with Crippen molar-refractivity contribution in [2.45, 2.75) is 39.8 Å². The third-order valence-corrected chi connectivity index (χ3v) is 4.32. The van der Waals surface area contributed by atoms with Crippen LogP contribution in [0.2, 0.25) is 0 Å². The quantitative estimate of drug-likeness (QED) is 0.725. The van der Waals surface area contributed by atoms with E-state index in [1.165, 1.54) is 0 Å². The van der Waals surface area contributed by atoms with Gasteiger partial charge in [-0.1, -0.05) is 6.92 Å². The number of hydrogen-bond donors (Lipinski definition) is 0. The van der Waals surface area contributed by atoms with Crippen molar-refractivity contribution in [2.24, 2.45) is 0 Å². The highest BCUT2D eigenvalue weighted by molar-refractivity contribution is 7.09. The second-order valence-electron chi connectivity index (χ2n) is 5.24. The van der Waals surface area contributed by atoms with Gasteiger partial charge in [-0.15, -0.1) is 11.3 Å². The Morgan fingerprint density at radius 3 is 2.90 bits per heavy atom. The molecule has 5 nitrogen and oxygen atoms in total. The molecule has 0 aliphatic heterocycles. The van der Waals surface area contributed by atoms with Crippen LogP contribution in [0.4, 0.5) is 0 Å². The first kappa shape index (κ1) is 14.0. The largest absolute Gasteiger partial charge is 0.326 e. The second kappa shape index (κ2) is 5.81. The van der Waals surface area contributed by atoms with Gasteiger partial charge in [0.25, 0.3) is 0 Å². The third-order valence-electron chi connectivity index (χ3n) is 3.43. The van der Waals surface area contributed by atoms with E-state index < -0.39 is 0 Å². The molecule has 0 aromatic carbocycles. The average Bonchev–Trinajstić information content (AvgIpc) is 3.18. The van der Waals surface area contributed by atoms with E-state index in [4.69, 9.17) is 0 Å². The van der Waals surface area contributed by atoms with Crippen molar-refractivity contribution in [3.8, 4) is 11.5 Å². The molecule has 6 heteroatoms. The molecule has 0 saturated heterocycles. The van der Waals surface area contributed by atoms with Crippen molar-refractivity contribution in [1.82, 2.24) is 24.1 Å². The molecule has 0 spiro atoms. The molecule has 0 bridgehead atoms. The van der Waals surface area contributed by atoms with E-state index in [-0.39, 0.29) is 0 Å². The van der Waals surface area contributed by atoms with Crippen molar-refractivity contribution in [2.75, 3.05) is 0 Å². The molecular formula is C15H19N5S. The minimum atomic E-state index is 0.360. The van der Waals surface area contributed by atoms with Gasteiger partial charge < -0.3 is 9.13 Å². The molecule has 0 atom stereocenters. The van der Waals surface area contributed by atoms with E-state index in [1.807, 2.05) is 24.9 Å². The van der Waals surface area contributed by atoms with Gasteiger partial charge in [0, 0.05) is 23.8 Å². The standard InChI is InChI=1S/C15H19N5S/c1-4-12-9-21-14(18-12)8-19-6-5-17-15(19)13-7-16-10-20(13)11(2)3/h5-7,9-11H,4,8H2,1-3H3. The molecule has 0 unspecified atom stereocenters. The Balaban J connectivity index is 1.92. The monoisotopic (exact) mass is 301 g/mol. The molecule has 0 radical (unpaired) electrons. The average molecular weight is 301 g/mol. The first-order valence-electron chi connectivity index (χ1n) is 7.15. The van der Waals surface area contributed by atoms with Crippen LogP contribution in [0.5, 0.6) is 0 Å². The number of rotatable bonds is 5. The van der Waals surface area contributed by atoms with E-state index in [0.717, 1.165) is 35.2 Å². The summed E-state index contributed by atoms with van der Waals surface area (Å²) in [6.45, 7) is 7.17. The van der Waals surface area contributed by atoms with Crippen LogP contribution in [0.3, 0.4) is 0 Å². The van der Waals surface area contributed by atoms with Crippen LogP contribution in [0, 0.1) is 0 Å². The van der Waals surface area contributed by atoms with Crippen LogP contribution in [-0.2, 0) is 13.0 Å². The smallest absolute Gasteiger partial charge is 0.158 e. The minimum Gasteiger partial charge on any atom is -0.326 e. The fourth-order valence-corrected chi connectivity index (χ4v) is 3.16. The molecule has 0 fully saturated rings. The van der Waals surface area contributed by atoms with E-state index in [0.29, 0.717) is 6.04 Å². The third kappa shape index (κ3) is 2.76. The number of thiazole rings is 1. The Bertz CT molecular complexity index is 722. The highest BCUT2D eigenvalue weighted by Gasteiger charge is 2.14. The van der Waals surface area contributed by atoms with Crippen molar-refractivity contribution in [3.05, 3.63) is 41.0 Å². The Labute approximate surface area is 128 Å². The van der Waals surface area contributed by atoms with Gasteiger partial charge in [-0.3, -0.25) is 0 Å². The summed E-state index contributed by atoms with van der Waals surface area (Å²) in [5.74, 6) is 0.939. The summed E-state index contributed by atoms with van der Waals surface area (Å²) in [4.78, 5) is 13.4. The van der Waals surface area contributed by atoms with Gasteiger partial charge in [-0.25, -0.2) is 15.0 Å². The number of aryl methyl sites for hydroxylation is 1. The maximum atomic E-state index is 4.63. The van der Waals surface area contributed by atoms with Crippen molar-refractivity contribution < 1.29 is 0 Å². The van der Waals surface area contributed by atoms with Gasteiger partial charge in [0.15, 0.2) is 5.82 Å². The summed E-state index contributed by atoms with van der Waals surface area (Å²) in [6, 6.07) is 0.360. The van der Waals surface area contributed by atoms with Crippen LogP contribution in [0.25, 0.3) is 11.5 Å². The molecule has 21 heavy (non-hydrogen) atoms.